The van der Waals surface area contributed by atoms with E-state index in [2.05, 4.69) is 6.92 Å². The molecule has 0 aliphatic heterocycles. The van der Waals surface area contributed by atoms with Crippen molar-refractivity contribution in [1.82, 2.24) is 0 Å². The van der Waals surface area contributed by atoms with Crippen molar-refractivity contribution in [1.29, 1.82) is 0 Å². The Balaban J connectivity index is 2.41. The van der Waals surface area contributed by atoms with Gasteiger partial charge in [0.2, 0.25) is 0 Å². The first-order chi connectivity index (χ1) is 7.59. The third-order valence-corrected chi connectivity index (χ3v) is 4.76. The lowest BCUT2D eigenvalue weighted by atomic mass is 10.1. The van der Waals surface area contributed by atoms with Crippen molar-refractivity contribution in [3.05, 3.63) is 55.7 Å². The first kappa shape index (κ1) is 12.3. The Bertz CT molecular complexity index is 505. The normalized spacial score (nSPS) is 12.8. The highest BCUT2D eigenvalue weighted by Crippen LogP contribution is 2.39. The fourth-order valence-corrected chi connectivity index (χ4v) is 3.19. The van der Waals surface area contributed by atoms with Crippen LogP contribution in [0.2, 0.25) is 10.0 Å². The van der Waals surface area contributed by atoms with Crippen molar-refractivity contribution >= 4 is 46.1 Å². The second-order valence-corrected chi connectivity index (χ2v) is 6.00. The van der Waals surface area contributed by atoms with E-state index in [0.29, 0.717) is 10.0 Å². The van der Waals surface area contributed by atoms with Gasteiger partial charge in [-0.2, -0.15) is 0 Å². The Kier molecular flexibility index (Phi) is 3.81. The maximum atomic E-state index is 6.39. The summed E-state index contributed by atoms with van der Waals surface area (Å²) in [5.74, 6) is 0. The Hall–Kier alpha value is -0.210. The summed E-state index contributed by atoms with van der Waals surface area (Å²) in [5, 5.41) is 0.846. The van der Waals surface area contributed by atoms with Crippen molar-refractivity contribution < 1.29 is 0 Å². The minimum atomic E-state index is -0.232. The maximum Gasteiger partial charge on any atom is 0.0942 e. The van der Waals surface area contributed by atoms with Gasteiger partial charge in [0, 0.05) is 9.75 Å². The van der Waals surface area contributed by atoms with Gasteiger partial charge in [0.25, 0.3) is 0 Å². The van der Waals surface area contributed by atoms with Crippen molar-refractivity contribution in [3.8, 4) is 0 Å². The molecule has 0 nitrogen and oxygen atoms in total. The van der Waals surface area contributed by atoms with Crippen LogP contribution in [0.5, 0.6) is 0 Å². The predicted molar refractivity (Wildman–Crippen MR) is 73.2 cm³/mol. The lowest BCUT2D eigenvalue weighted by Gasteiger charge is -2.10. The summed E-state index contributed by atoms with van der Waals surface area (Å²) in [6.07, 6.45) is 0. The molecule has 0 fully saturated rings. The molecular weight excluding hydrogens is 283 g/mol. The first-order valence-electron chi connectivity index (χ1n) is 4.74. The van der Waals surface area contributed by atoms with Crippen molar-refractivity contribution in [3.63, 3.8) is 0 Å². The van der Waals surface area contributed by atoms with Crippen LogP contribution >= 0.6 is 46.1 Å². The molecule has 0 spiro atoms. The molecule has 1 aromatic carbocycles. The largest absolute Gasteiger partial charge is 0.144 e. The summed E-state index contributed by atoms with van der Waals surface area (Å²) in [6.45, 7) is 2.05. The molecule has 0 aliphatic carbocycles. The van der Waals surface area contributed by atoms with Gasteiger partial charge in [-0.05, 0) is 30.7 Å². The molecule has 16 heavy (non-hydrogen) atoms. The quantitative estimate of drug-likeness (QED) is 0.623. The topological polar surface area (TPSA) is 0 Å². The zero-order valence-corrected chi connectivity index (χ0v) is 11.6. The van der Waals surface area contributed by atoms with Crippen LogP contribution in [0.3, 0.4) is 0 Å². The number of thiophene rings is 1. The Morgan fingerprint density at radius 1 is 1.12 bits per heavy atom. The molecular formula is C12H9Cl3S. The number of hydrogen-bond acceptors (Lipinski definition) is 1. The van der Waals surface area contributed by atoms with Gasteiger partial charge in [-0.1, -0.05) is 35.3 Å². The molecule has 0 radical (unpaired) electrons. The van der Waals surface area contributed by atoms with Gasteiger partial charge in [0.05, 0.1) is 15.4 Å². The number of benzene rings is 1. The molecule has 1 atom stereocenters. The number of hydrogen-bond donors (Lipinski definition) is 0. The average molecular weight is 292 g/mol. The minimum absolute atomic E-state index is 0.232. The number of aryl methyl sites for hydroxylation is 1. The van der Waals surface area contributed by atoms with Gasteiger partial charge in [-0.3, -0.25) is 0 Å². The van der Waals surface area contributed by atoms with Gasteiger partial charge >= 0.3 is 0 Å². The van der Waals surface area contributed by atoms with Crippen molar-refractivity contribution in [2.24, 2.45) is 0 Å². The zero-order valence-electron chi connectivity index (χ0n) is 8.51. The monoisotopic (exact) mass is 290 g/mol. The second-order valence-electron chi connectivity index (χ2n) is 3.45. The van der Waals surface area contributed by atoms with E-state index in [1.54, 1.807) is 17.4 Å². The van der Waals surface area contributed by atoms with Crippen molar-refractivity contribution in [2.75, 3.05) is 0 Å². The predicted octanol–water partition coefficient (Wildman–Crippen LogP) is 5.69. The van der Waals surface area contributed by atoms with E-state index in [4.69, 9.17) is 34.8 Å². The molecule has 1 heterocycles. The molecule has 2 rings (SSSR count). The summed E-state index contributed by atoms with van der Waals surface area (Å²) in [4.78, 5) is 2.32. The van der Waals surface area contributed by atoms with E-state index in [1.807, 2.05) is 24.3 Å². The first-order valence-corrected chi connectivity index (χ1v) is 6.75. The molecule has 4 heteroatoms. The zero-order chi connectivity index (χ0) is 11.7. The fraction of sp³-hybridized carbons (Fsp3) is 0.167. The van der Waals surface area contributed by atoms with Gasteiger partial charge in [0.1, 0.15) is 0 Å². The summed E-state index contributed by atoms with van der Waals surface area (Å²) >= 11 is 20.2. The lowest BCUT2D eigenvalue weighted by Crippen LogP contribution is -1.91. The van der Waals surface area contributed by atoms with E-state index in [9.17, 15) is 0 Å². The summed E-state index contributed by atoms with van der Waals surface area (Å²) in [5.41, 5.74) is 0.859. The molecule has 0 N–H and O–H groups in total. The summed E-state index contributed by atoms with van der Waals surface area (Å²) in [6, 6.07) is 9.60. The molecule has 1 unspecified atom stereocenters. The number of rotatable bonds is 2. The minimum Gasteiger partial charge on any atom is -0.144 e. The second kappa shape index (κ2) is 4.97. The number of alkyl halides is 1. The SMILES string of the molecule is Cc1ccc(C(Cl)c2cccc(Cl)c2Cl)s1. The van der Waals surface area contributed by atoms with E-state index >= 15 is 0 Å². The molecule has 1 aromatic heterocycles. The summed E-state index contributed by atoms with van der Waals surface area (Å²) in [7, 11) is 0. The van der Waals surface area contributed by atoms with Gasteiger partial charge in [0.15, 0.2) is 0 Å². The lowest BCUT2D eigenvalue weighted by molar-refractivity contribution is 1.18. The molecule has 0 amide bonds. The Morgan fingerprint density at radius 2 is 1.88 bits per heavy atom. The molecule has 2 aromatic rings. The van der Waals surface area contributed by atoms with Crippen molar-refractivity contribution in [2.45, 2.75) is 12.3 Å². The van der Waals surface area contributed by atoms with E-state index < -0.39 is 0 Å². The van der Waals surface area contributed by atoms with Gasteiger partial charge < -0.3 is 0 Å². The molecule has 84 valence electrons. The van der Waals surface area contributed by atoms with Gasteiger partial charge in [-0.15, -0.1) is 22.9 Å². The van der Waals surface area contributed by atoms with Crippen LogP contribution in [0.25, 0.3) is 0 Å². The van der Waals surface area contributed by atoms with Crippen LogP contribution in [-0.4, -0.2) is 0 Å². The van der Waals surface area contributed by atoms with Crippen LogP contribution < -0.4 is 0 Å². The van der Waals surface area contributed by atoms with Crippen LogP contribution in [0.4, 0.5) is 0 Å². The average Bonchev–Trinajstić information content (AvgIpc) is 2.68. The van der Waals surface area contributed by atoms with E-state index in [1.165, 1.54) is 4.88 Å². The standard InChI is InChI=1S/C12H9Cl3S/c1-7-5-6-10(16-7)12(15)8-3-2-4-9(13)11(8)14/h2-6,12H,1H3. The molecule has 0 saturated heterocycles. The highest BCUT2D eigenvalue weighted by atomic mass is 35.5. The smallest absolute Gasteiger partial charge is 0.0942 e. The van der Waals surface area contributed by atoms with Crippen LogP contribution in [-0.2, 0) is 0 Å². The third kappa shape index (κ3) is 2.38. The highest BCUT2D eigenvalue weighted by molar-refractivity contribution is 7.12. The number of halogens is 3. The highest BCUT2D eigenvalue weighted by Gasteiger charge is 2.17. The third-order valence-electron chi connectivity index (χ3n) is 2.27. The van der Waals surface area contributed by atoms with Crippen LogP contribution in [0.1, 0.15) is 20.7 Å². The Labute approximate surface area is 114 Å². The fourth-order valence-electron chi connectivity index (χ4n) is 1.46. The van der Waals surface area contributed by atoms with Crippen LogP contribution in [0.15, 0.2) is 30.3 Å². The van der Waals surface area contributed by atoms with Crippen LogP contribution in [0, 0.1) is 6.92 Å². The molecule has 0 saturated carbocycles. The van der Waals surface area contributed by atoms with Gasteiger partial charge in [-0.25, -0.2) is 0 Å². The summed E-state index contributed by atoms with van der Waals surface area (Å²) < 4.78 is 0. The Morgan fingerprint density at radius 3 is 2.50 bits per heavy atom. The molecule has 0 bridgehead atoms. The maximum absolute atomic E-state index is 6.39. The molecule has 0 aliphatic rings. The van der Waals surface area contributed by atoms with E-state index in [0.717, 1.165) is 10.4 Å². The van der Waals surface area contributed by atoms with E-state index in [-0.39, 0.29) is 5.38 Å².